The predicted octanol–water partition coefficient (Wildman–Crippen LogP) is 2.44. The van der Waals surface area contributed by atoms with Gasteiger partial charge in [-0.3, -0.25) is 4.99 Å². The van der Waals surface area contributed by atoms with Crippen LogP contribution in [0.2, 0.25) is 0 Å². The molecule has 1 atom stereocenters. The number of guanidine groups is 1. The van der Waals surface area contributed by atoms with Gasteiger partial charge in [0.05, 0.1) is 13.2 Å². The molecule has 5 nitrogen and oxygen atoms in total. The molecule has 1 fully saturated rings. The van der Waals surface area contributed by atoms with Gasteiger partial charge in [-0.05, 0) is 37.5 Å². The maximum absolute atomic E-state index is 5.59. The molecule has 5 heteroatoms. The lowest BCUT2D eigenvalue weighted by molar-refractivity contribution is 0.157. The summed E-state index contributed by atoms with van der Waals surface area (Å²) in [5.41, 5.74) is 2.40. The largest absolute Gasteiger partial charge is 0.494 e. The molecule has 0 aliphatic carbocycles. The lowest BCUT2D eigenvalue weighted by Crippen LogP contribution is -2.39. The van der Waals surface area contributed by atoms with E-state index in [4.69, 9.17) is 9.47 Å². The highest BCUT2D eigenvalue weighted by molar-refractivity contribution is 5.80. The number of hydrogen-bond acceptors (Lipinski definition) is 3. The van der Waals surface area contributed by atoms with E-state index in [1.807, 2.05) is 20.0 Å². The maximum atomic E-state index is 5.59. The lowest BCUT2D eigenvalue weighted by Gasteiger charge is -2.22. The Bertz CT molecular complexity index is 531. The molecule has 0 aromatic heterocycles. The Kier molecular flexibility index (Phi) is 6.71. The van der Waals surface area contributed by atoms with Crippen molar-refractivity contribution in [1.29, 1.82) is 0 Å². The summed E-state index contributed by atoms with van der Waals surface area (Å²) in [4.78, 5) is 6.73. The van der Waals surface area contributed by atoms with Gasteiger partial charge in [0, 0.05) is 39.7 Å². The third kappa shape index (κ3) is 4.86. The van der Waals surface area contributed by atoms with Gasteiger partial charge in [0.25, 0.3) is 0 Å². The molecule has 1 aliphatic rings. The Hall–Kier alpha value is -1.75. The van der Waals surface area contributed by atoms with Gasteiger partial charge in [-0.25, -0.2) is 0 Å². The number of hydrogen-bond donors (Lipinski definition) is 1. The van der Waals surface area contributed by atoms with E-state index in [0.717, 1.165) is 44.4 Å². The van der Waals surface area contributed by atoms with Crippen LogP contribution in [0.1, 0.15) is 24.5 Å². The van der Waals surface area contributed by atoms with Crippen molar-refractivity contribution in [2.45, 2.75) is 26.8 Å². The van der Waals surface area contributed by atoms with Crippen LogP contribution in [-0.4, -0.2) is 51.3 Å². The Morgan fingerprint density at radius 3 is 2.91 bits per heavy atom. The van der Waals surface area contributed by atoms with E-state index >= 15 is 0 Å². The van der Waals surface area contributed by atoms with Gasteiger partial charge in [-0.2, -0.15) is 0 Å². The van der Waals surface area contributed by atoms with Crippen LogP contribution in [0.4, 0.5) is 0 Å². The summed E-state index contributed by atoms with van der Waals surface area (Å²) in [5, 5.41) is 3.46. The molecule has 1 unspecified atom stereocenters. The van der Waals surface area contributed by atoms with Gasteiger partial charge in [-0.15, -0.1) is 0 Å². The fourth-order valence-electron chi connectivity index (χ4n) is 3.05. The van der Waals surface area contributed by atoms with Gasteiger partial charge in [0.2, 0.25) is 0 Å². The first kappa shape index (κ1) is 17.6. The molecule has 1 saturated heterocycles. The third-order valence-corrected chi connectivity index (χ3v) is 4.19. The first-order chi connectivity index (χ1) is 11.2. The highest BCUT2D eigenvalue weighted by Gasteiger charge is 2.24. The van der Waals surface area contributed by atoms with Crippen LogP contribution in [-0.2, 0) is 11.3 Å². The number of nitrogens with zero attached hydrogens (tertiary/aromatic N) is 2. The Balaban J connectivity index is 1.90. The van der Waals surface area contributed by atoms with Crippen LogP contribution in [0, 0.1) is 12.8 Å². The van der Waals surface area contributed by atoms with Gasteiger partial charge in [0.1, 0.15) is 5.75 Å². The number of methoxy groups -OCH3 is 1. The van der Waals surface area contributed by atoms with Crippen LogP contribution in [0.5, 0.6) is 5.75 Å². The first-order valence-corrected chi connectivity index (χ1v) is 8.34. The summed E-state index contributed by atoms with van der Waals surface area (Å²) in [7, 11) is 3.61. The lowest BCUT2D eigenvalue weighted by atomic mass is 10.1. The molecule has 0 radical (unpaired) electrons. The summed E-state index contributed by atoms with van der Waals surface area (Å²) in [6, 6.07) is 6.32. The van der Waals surface area contributed by atoms with Crippen molar-refractivity contribution in [2.24, 2.45) is 10.9 Å². The Morgan fingerprint density at radius 1 is 1.43 bits per heavy atom. The molecule has 1 aliphatic heterocycles. The normalized spacial score (nSPS) is 18.3. The van der Waals surface area contributed by atoms with Crippen molar-refractivity contribution in [3.63, 3.8) is 0 Å². The van der Waals surface area contributed by atoms with Gasteiger partial charge < -0.3 is 19.7 Å². The number of likely N-dealkylation sites (tertiary alicyclic amines) is 1. The quantitative estimate of drug-likeness (QED) is 0.646. The zero-order valence-corrected chi connectivity index (χ0v) is 14.8. The zero-order valence-electron chi connectivity index (χ0n) is 14.8. The third-order valence-electron chi connectivity index (χ3n) is 4.19. The summed E-state index contributed by atoms with van der Waals surface area (Å²) in [5.74, 6) is 2.53. The van der Waals surface area contributed by atoms with Gasteiger partial charge in [-0.1, -0.05) is 12.1 Å². The van der Waals surface area contributed by atoms with Crippen molar-refractivity contribution in [3.8, 4) is 5.75 Å². The van der Waals surface area contributed by atoms with E-state index in [0.29, 0.717) is 12.5 Å². The summed E-state index contributed by atoms with van der Waals surface area (Å²) in [6.07, 6.45) is 1.16. The fourth-order valence-corrected chi connectivity index (χ4v) is 3.05. The molecule has 1 heterocycles. The highest BCUT2D eigenvalue weighted by Crippen LogP contribution is 2.19. The fraction of sp³-hybridized carbons (Fsp3) is 0.611. The van der Waals surface area contributed by atoms with Gasteiger partial charge in [0.15, 0.2) is 5.96 Å². The molecule has 0 spiro atoms. The first-order valence-electron chi connectivity index (χ1n) is 8.34. The van der Waals surface area contributed by atoms with Crippen LogP contribution in [0.15, 0.2) is 23.2 Å². The molecule has 0 bridgehead atoms. The number of nitrogens with one attached hydrogen (secondary N) is 1. The van der Waals surface area contributed by atoms with E-state index in [1.165, 1.54) is 11.1 Å². The number of aryl methyl sites for hydroxylation is 1. The average molecular weight is 319 g/mol. The van der Waals surface area contributed by atoms with Crippen LogP contribution >= 0.6 is 0 Å². The number of rotatable bonds is 6. The zero-order chi connectivity index (χ0) is 16.7. The van der Waals surface area contributed by atoms with Gasteiger partial charge >= 0.3 is 0 Å². The van der Waals surface area contributed by atoms with Crippen molar-refractivity contribution in [2.75, 3.05) is 40.5 Å². The molecular weight excluding hydrogens is 290 g/mol. The SMILES string of the molecule is CCOc1ccc(CNC(=NC)N2CCC(COC)C2)cc1C. The molecule has 1 aromatic carbocycles. The second kappa shape index (κ2) is 8.77. The molecule has 1 aromatic rings. The summed E-state index contributed by atoms with van der Waals surface area (Å²) >= 11 is 0. The number of aliphatic imine (C=N–C) groups is 1. The van der Waals surface area contributed by atoms with Crippen molar-refractivity contribution < 1.29 is 9.47 Å². The molecule has 0 amide bonds. The van der Waals surface area contributed by atoms with Crippen molar-refractivity contribution in [1.82, 2.24) is 10.2 Å². The topological polar surface area (TPSA) is 46.1 Å². The molecule has 128 valence electrons. The molecular formula is C18H29N3O2. The number of benzene rings is 1. The molecule has 2 rings (SSSR count). The average Bonchev–Trinajstić information content (AvgIpc) is 2.99. The van der Waals surface area contributed by atoms with E-state index in [1.54, 1.807) is 7.11 Å². The van der Waals surface area contributed by atoms with E-state index in [2.05, 4.69) is 34.3 Å². The maximum Gasteiger partial charge on any atom is 0.193 e. The number of ether oxygens (including phenoxy) is 2. The minimum absolute atomic E-state index is 0.603. The molecule has 23 heavy (non-hydrogen) atoms. The molecule has 0 saturated carbocycles. The Labute approximate surface area is 139 Å². The highest BCUT2D eigenvalue weighted by atomic mass is 16.5. The van der Waals surface area contributed by atoms with E-state index in [9.17, 15) is 0 Å². The Morgan fingerprint density at radius 2 is 2.26 bits per heavy atom. The summed E-state index contributed by atoms with van der Waals surface area (Å²) < 4.78 is 10.9. The predicted molar refractivity (Wildman–Crippen MR) is 94.1 cm³/mol. The smallest absolute Gasteiger partial charge is 0.193 e. The van der Waals surface area contributed by atoms with Crippen molar-refractivity contribution >= 4 is 5.96 Å². The second-order valence-electron chi connectivity index (χ2n) is 5.99. The van der Waals surface area contributed by atoms with Crippen LogP contribution in [0.3, 0.4) is 0 Å². The van der Waals surface area contributed by atoms with Crippen molar-refractivity contribution in [3.05, 3.63) is 29.3 Å². The van der Waals surface area contributed by atoms with E-state index in [-0.39, 0.29) is 0 Å². The second-order valence-corrected chi connectivity index (χ2v) is 5.99. The van der Waals surface area contributed by atoms with Crippen LogP contribution in [0.25, 0.3) is 0 Å². The standard InChI is InChI=1S/C18H29N3O2/c1-5-23-17-7-6-15(10-14(17)2)11-20-18(19-3)21-9-8-16(12-21)13-22-4/h6-7,10,16H,5,8-9,11-13H2,1-4H3,(H,19,20). The molecule has 1 N–H and O–H groups in total. The monoisotopic (exact) mass is 319 g/mol. The van der Waals surface area contributed by atoms with Crippen LogP contribution < -0.4 is 10.1 Å². The van der Waals surface area contributed by atoms with E-state index < -0.39 is 0 Å². The summed E-state index contributed by atoms with van der Waals surface area (Å²) in [6.45, 7) is 8.43. The minimum Gasteiger partial charge on any atom is -0.494 e. The minimum atomic E-state index is 0.603.